The summed E-state index contributed by atoms with van der Waals surface area (Å²) in [7, 11) is 2.15. The maximum absolute atomic E-state index is 13.6. The van der Waals surface area contributed by atoms with Crippen LogP contribution in [-0.4, -0.2) is 53.4 Å². The second kappa shape index (κ2) is 8.30. The molecule has 4 heterocycles. The molecule has 0 atom stereocenters. The number of hydrogen-bond acceptors (Lipinski definition) is 7. The average molecular weight is 555 g/mol. The molecular formula is C26H22Cl3N7O. The van der Waals surface area contributed by atoms with Crippen molar-refractivity contribution in [2.45, 2.75) is 24.8 Å². The molecule has 37 heavy (non-hydrogen) atoms. The molecule has 4 aliphatic rings. The van der Waals surface area contributed by atoms with E-state index >= 15 is 0 Å². The van der Waals surface area contributed by atoms with Gasteiger partial charge in [0.1, 0.15) is 5.56 Å². The molecule has 11 heteroatoms. The van der Waals surface area contributed by atoms with E-state index < -0.39 is 0 Å². The maximum Gasteiger partial charge on any atom is 0.270 e. The van der Waals surface area contributed by atoms with Gasteiger partial charge in [0, 0.05) is 42.0 Å². The number of anilines is 4. The van der Waals surface area contributed by atoms with Gasteiger partial charge in [-0.2, -0.15) is 4.98 Å². The van der Waals surface area contributed by atoms with E-state index in [0.717, 1.165) is 23.8 Å². The lowest BCUT2D eigenvalue weighted by molar-refractivity contribution is 0.1000. The highest BCUT2D eigenvalue weighted by atomic mass is 35.5. The van der Waals surface area contributed by atoms with Crippen LogP contribution in [0.1, 0.15) is 34.3 Å². The van der Waals surface area contributed by atoms with Crippen LogP contribution < -0.4 is 15.1 Å². The van der Waals surface area contributed by atoms with Crippen molar-refractivity contribution in [3.05, 3.63) is 68.3 Å². The summed E-state index contributed by atoms with van der Waals surface area (Å²) >= 11 is 19.7. The Kier molecular flexibility index (Phi) is 5.21. The number of hydrogen-bond donors (Lipinski definition) is 1. The largest absolute Gasteiger partial charge is 0.324 e. The minimum Gasteiger partial charge on any atom is -0.324 e. The van der Waals surface area contributed by atoms with Crippen LogP contribution in [0.3, 0.4) is 0 Å². The number of aromatic nitrogens is 2. The molecular weight excluding hydrogens is 533 g/mol. The Hall–Kier alpha value is -2.91. The lowest BCUT2D eigenvalue weighted by Crippen LogP contribution is -2.51. The van der Waals surface area contributed by atoms with E-state index in [1.165, 1.54) is 35.1 Å². The molecule has 0 saturated heterocycles. The van der Waals surface area contributed by atoms with Gasteiger partial charge in [-0.25, -0.2) is 9.88 Å². The van der Waals surface area contributed by atoms with E-state index in [4.69, 9.17) is 39.8 Å². The summed E-state index contributed by atoms with van der Waals surface area (Å²) in [5.74, 6) is 0.997. The first-order chi connectivity index (χ1) is 17.8. The van der Waals surface area contributed by atoms with Crippen LogP contribution in [0.2, 0.25) is 15.1 Å². The van der Waals surface area contributed by atoms with Gasteiger partial charge in [0.2, 0.25) is 11.9 Å². The van der Waals surface area contributed by atoms with Gasteiger partial charge in [0.25, 0.3) is 5.91 Å². The van der Waals surface area contributed by atoms with Crippen LogP contribution in [0, 0.1) is 0 Å². The Morgan fingerprint density at radius 3 is 2.62 bits per heavy atom. The van der Waals surface area contributed by atoms with Gasteiger partial charge in [-0.15, -0.1) is 0 Å². The van der Waals surface area contributed by atoms with Gasteiger partial charge in [0.15, 0.2) is 5.82 Å². The van der Waals surface area contributed by atoms with Crippen molar-refractivity contribution >= 4 is 69.8 Å². The van der Waals surface area contributed by atoms with E-state index in [1.54, 1.807) is 18.2 Å². The van der Waals surface area contributed by atoms with Crippen molar-refractivity contribution in [2.75, 3.05) is 41.8 Å². The van der Waals surface area contributed by atoms with Gasteiger partial charge in [0.05, 0.1) is 22.3 Å². The Labute approximate surface area is 228 Å². The summed E-state index contributed by atoms with van der Waals surface area (Å²) in [4.78, 5) is 33.1. The van der Waals surface area contributed by atoms with E-state index in [-0.39, 0.29) is 11.3 Å². The van der Waals surface area contributed by atoms with Crippen molar-refractivity contribution in [2.24, 2.45) is 4.99 Å². The third-order valence-corrected chi connectivity index (χ3v) is 8.37. The first-order valence-electron chi connectivity index (χ1n) is 12.1. The Balaban J connectivity index is 1.25. The predicted octanol–water partition coefficient (Wildman–Crippen LogP) is 5.49. The molecule has 1 spiro atoms. The number of halogens is 3. The molecule has 1 aromatic heterocycles. The predicted molar refractivity (Wildman–Crippen MR) is 147 cm³/mol. The molecule has 1 aliphatic carbocycles. The fourth-order valence-corrected chi connectivity index (χ4v) is 6.82. The Bertz CT molecular complexity index is 1500. The lowest BCUT2D eigenvalue weighted by atomic mass is 9.87. The molecule has 1 N–H and O–H groups in total. The van der Waals surface area contributed by atoms with E-state index in [0.29, 0.717) is 52.1 Å². The molecule has 7 rings (SSSR count). The summed E-state index contributed by atoms with van der Waals surface area (Å²) < 4.78 is 0. The van der Waals surface area contributed by atoms with Crippen molar-refractivity contribution in [3.63, 3.8) is 0 Å². The molecule has 1 amide bonds. The van der Waals surface area contributed by atoms with Gasteiger partial charge < -0.3 is 10.2 Å². The zero-order valence-electron chi connectivity index (χ0n) is 19.9. The minimum absolute atomic E-state index is 0.197. The molecule has 188 valence electrons. The average Bonchev–Trinajstić information content (AvgIpc) is 3.41. The third kappa shape index (κ3) is 3.61. The molecule has 0 unspecified atom stereocenters. The molecule has 1 fully saturated rings. The summed E-state index contributed by atoms with van der Waals surface area (Å²) in [6, 6.07) is 9.21. The first-order valence-corrected chi connectivity index (χ1v) is 13.2. The number of amides is 1. The number of fused-ring (bicyclic) bond motifs is 5. The number of para-hydroxylation sites is 1. The fourth-order valence-electron chi connectivity index (χ4n) is 5.82. The summed E-state index contributed by atoms with van der Waals surface area (Å²) in [5.41, 5.74) is 4.28. The quantitative estimate of drug-likeness (QED) is 0.461. The molecule has 2 aromatic carbocycles. The normalized spacial score (nSPS) is 19.5. The van der Waals surface area contributed by atoms with Gasteiger partial charge >= 0.3 is 0 Å². The van der Waals surface area contributed by atoms with Crippen molar-refractivity contribution < 1.29 is 4.79 Å². The van der Waals surface area contributed by atoms with Gasteiger partial charge in [-0.3, -0.25) is 14.7 Å². The molecule has 1 saturated carbocycles. The van der Waals surface area contributed by atoms with Crippen molar-refractivity contribution in [1.29, 1.82) is 0 Å². The van der Waals surface area contributed by atoms with Crippen LogP contribution in [-0.2, 0) is 12.0 Å². The number of nitrogens with zero attached hydrogens (tertiary/aromatic N) is 6. The van der Waals surface area contributed by atoms with Crippen LogP contribution in [0.15, 0.2) is 41.5 Å². The zero-order valence-corrected chi connectivity index (χ0v) is 22.2. The minimum atomic E-state index is -0.331. The highest BCUT2D eigenvalue weighted by molar-refractivity contribution is 6.43. The summed E-state index contributed by atoms with van der Waals surface area (Å²) in [6.45, 7) is 2.98. The maximum atomic E-state index is 13.6. The second-order valence-corrected chi connectivity index (χ2v) is 11.3. The Morgan fingerprint density at radius 1 is 1.08 bits per heavy atom. The molecule has 0 bridgehead atoms. The van der Waals surface area contributed by atoms with E-state index in [2.05, 4.69) is 33.3 Å². The topological polar surface area (TPSA) is 77.0 Å². The lowest BCUT2D eigenvalue weighted by Gasteiger charge is -2.35. The number of carbonyl (C=O) groups excluding carboxylic acids is 1. The van der Waals surface area contributed by atoms with Crippen molar-refractivity contribution in [3.8, 4) is 0 Å². The second-order valence-electron chi connectivity index (χ2n) is 10.0. The van der Waals surface area contributed by atoms with Crippen molar-refractivity contribution in [1.82, 2.24) is 14.9 Å². The van der Waals surface area contributed by atoms with Crippen LogP contribution in [0.5, 0.6) is 0 Å². The number of benzene rings is 2. The van der Waals surface area contributed by atoms with E-state index in [1.807, 2.05) is 11.0 Å². The van der Waals surface area contributed by atoms with Crippen LogP contribution in [0.4, 0.5) is 23.1 Å². The van der Waals surface area contributed by atoms with E-state index in [9.17, 15) is 4.79 Å². The van der Waals surface area contributed by atoms with Crippen LogP contribution in [0.25, 0.3) is 0 Å². The highest BCUT2D eigenvalue weighted by Gasteiger charge is 2.49. The number of aliphatic imine (C=N–C) groups is 1. The summed E-state index contributed by atoms with van der Waals surface area (Å²) in [6.07, 6.45) is 3.89. The number of carbonyl (C=O) groups is 1. The van der Waals surface area contributed by atoms with Crippen LogP contribution >= 0.6 is 34.8 Å². The van der Waals surface area contributed by atoms with Gasteiger partial charge in [-0.1, -0.05) is 40.9 Å². The third-order valence-electron chi connectivity index (χ3n) is 7.46. The zero-order chi connectivity index (χ0) is 25.5. The first kappa shape index (κ1) is 23.2. The number of nitrogens with one attached hydrogen (secondary N) is 1. The number of rotatable bonds is 3. The molecule has 8 nitrogen and oxygen atoms in total. The smallest absolute Gasteiger partial charge is 0.270 e. The van der Waals surface area contributed by atoms with Gasteiger partial charge in [-0.05, 0) is 55.3 Å². The summed E-state index contributed by atoms with van der Waals surface area (Å²) in [5, 5.41) is 4.81. The number of guanidine groups is 1. The standard InChI is InChI=1S/C26H22Cl3N7O/c1-34-12-14-9-15(10-19(29)20(14)26(13-34)5-6-26)32-24-31-11-16-22(33-24)35-8-7-30-25(35)36(23(16)37)21-17(27)3-2-4-18(21)28/h2-4,9-11H,5-8,12-13H2,1H3,(H,31,32,33). The number of likely N-dealkylation sites (N-methyl/N-ethyl adjacent to an activating group) is 1. The molecule has 0 radical (unpaired) electrons. The molecule has 3 aromatic rings. The monoisotopic (exact) mass is 553 g/mol. The Morgan fingerprint density at radius 2 is 1.86 bits per heavy atom. The fraction of sp³-hybridized carbons (Fsp3) is 0.308. The SMILES string of the molecule is CN1Cc2cc(Nc3ncc4c(n3)N3CCN=C3N(c3c(Cl)cccc3Cl)C4=O)cc(Cl)c2C2(CC2)C1. The molecule has 3 aliphatic heterocycles. The highest BCUT2D eigenvalue weighted by Crippen LogP contribution is 2.55.